The van der Waals surface area contributed by atoms with E-state index >= 15 is 0 Å². The number of methoxy groups -OCH3 is 2. The van der Waals surface area contributed by atoms with Gasteiger partial charge in [0.15, 0.2) is 16.7 Å². The van der Waals surface area contributed by atoms with Gasteiger partial charge in [-0.2, -0.15) is 0 Å². The van der Waals surface area contributed by atoms with E-state index in [2.05, 4.69) is 4.98 Å². The number of para-hydroxylation sites is 2. The molecule has 5 nitrogen and oxygen atoms in total. The molecule has 3 rings (SSSR count). The number of imidazole rings is 1. The molecule has 0 saturated heterocycles. The van der Waals surface area contributed by atoms with Crippen molar-refractivity contribution in [1.82, 2.24) is 9.55 Å². The first-order chi connectivity index (χ1) is 12.7. The number of aromatic nitrogens is 2. The normalized spacial score (nSPS) is 11.2. The third-order valence-electron chi connectivity index (χ3n) is 3.85. The lowest BCUT2D eigenvalue weighted by Crippen LogP contribution is -2.08. The molecule has 26 heavy (non-hydrogen) atoms. The number of allylic oxidation sites excluding steroid dienone is 1. The van der Waals surface area contributed by atoms with Gasteiger partial charge in [0.05, 0.1) is 25.3 Å². The molecule has 1 aromatic heterocycles. The number of carbonyl (C=O) groups is 1. The molecule has 2 aromatic carbocycles. The lowest BCUT2D eigenvalue weighted by Gasteiger charge is -2.07. The van der Waals surface area contributed by atoms with Crippen molar-refractivity contribution in [3.05, 3.63) is 54.1 Å². The molecule has 0 unspecified atom stereocenters. The summed E-state index contributed by atoms with van der Waals surface area (Å²) in [5.41, 5.74) is 2.48. The molecule has 0 spiro atoms. The van der Waals surface area contributed by atoms with Crippen LogP contribution in [0.4, 0.5) is 0 Å². The summed E-state index contributed by atoms with van der Waals surface area (Å²) in [7, 11) is 3.18. The summed E-state index contributed by atoms with van der Waals surface area (Å²) in [5, 5.41) is 0.704. The van der Waals surface area contributed by atoms with E-state index < -0.39 is 0 Å². The van der Waals surface area contributed by atoms with E-state index in [1.165, 1.54) is 0 Å². The van der Waals surface area contributed by atoms with Gasteiger partial charge in [-0.05, 0) is 41.7 Å². The number of thioether (sulfide) groups is 1. The number of nitrogens with zero attached hydrogens (tertiary/aromatic N) is 2. The second-order valence-corrected chi connectivity index (χ2v) is 6.67. The van der Waals surface area contributed by atoms with Crippen LogP contribution in [-0.4, -0.2) is 35.4 Å². The van der Waals surface area contributed by atoms with Crippen molar-refractivity contribution < 1.29 is 14.3 Å². The second kappa shape index (κ2) is 8.10. The summed E-state index contributed by atoms with van der Waals surface area (Å²) in [6.07, 6.45) is 3.31. The van der Waals surface area contributed by atoms with Crippen molar-refractivity contribution in [3.63, 3.8) is 0 Å². The van der Waals surface area contributed by atoms with E-state index in [0.29, 0.717) is 16.7 Å². The fourth-order valence-electron chi connectivity index (χ4n) is 2.64. The topological polar surface area (TPSA) is 53.4 Å². The van der Waals surface area contributed by atoms with Crippen LogP contribution < -0.4 is 9.47 Å². The minimum absolute atomic E-state index is 0.135. The van der Waals surface area contributed by atoms with Gasteiger partial charge in [0.1, 0.15) is 0 Å². The van der Waals surface area contributed by atoms with Crippen LogP contribution in [0, 0.1) is 0 Å². The standard InChI is InChI=1S/C20H20N2O3S/c1-4-26-20-21-15-7-5-6-8-16(15)22(20)19(23)12-10-14-9-11-17(24-2)18(13-14)25-3/h5-13H,4H2,1-3H3/b12-10+. The lowest BCUT2D eigenvalue weighted by atomic mass is 10.2. The quantitative estimate of drug-likeness (QED) is 0.473. The van der Waals surface area contributed by atoms with E-state index in [1.807, 2.05) is 49.4 Å². The first-order valence-electron chi connectivity index (χ1n) is 8.22. The third-order valence-corrected chi connectivity index (χ3v) is 4.67. The Balaban J connectivity index is 1.94. The first-order valence-corrected chi connectivity index (χ1v) is 9.21. The van der Waals surface area contributed by atoms with Crippen molar-refractivity contribution >= 4 is 34.8 Å². The maximum Gasteiger partial charge on any atom is 0.257 e. The van der Waals surface area contributed by atoms with E-state index in [1.54, 1.807) is 42.7 Å². The SMILES string of the molecule is CCSc1nc2ccccc2n1C(=O)/C=C/c1ccc(OC)c(OC)c1. The van der Waals surface area contributed by atoms with Gasteiger partial charge in [0, 0.05) is 6.08 Å². The van der Waals surface area contributed by atoms with Crippen LogP contribution in [0.5, 0.6) is 11.5 Å². The summed E-state index contributed by atoms with van der Waals surface area (Å²) in [5.74, 6) is 1.98. The molecule has 6 heteroatoms. The Labute approximate surface area is 156 Å². The van der Waals surface area contributed by atoms with Crippen LogP contribution in [0.25, 0.3) is 17.1 Å². The maximum atomic E-state index is 12.8. The zero-order valence-corrected chi connectivity index (χ0v) is 15.7. The molecule has 0 saturated carbocycles. The number of carbonyl (C=O) groups excluding carboxylic acids is 1. The van der Waals surface area contributed by atoms with E-state index in [9.17, 15) is 4.79 Å². The largest absolute Gasteiger partial charge is 0.493 e. The highest BCUT2D eigenvalue weighted by molar-refractivity contribution is 7.99. The molecule has 0 atom stereocenters. The van der Waals surface area contributed by atoms with Gasteiger partial charge in [-0.25, -0.2) is 4.98 Å². The smallest absolute Gasteiger partial charge is 0.257 e. The number of fused-ring (bicyclic) bond motifs is 1. The summed E-state index contributed by atoms with van der Waals surface area (Å²) in [6.45, 7) is 2.04. The van der Waals surface area contributed by atoms with Crippen molar-refractivity contribution in [2.24, 2.45) is 0 Å². The number of hydrogen-bond acceptors (Lipinski definition) is 5. The average molecular weight is 368 g/mol. The highest BCUT2D eigenvalue weighted by Gasteiger charge is 2.14. The lowest BCUT2D eigenvalue weighted by molar-refractivity contribution is 0.0965. The van der Waals surface area contributed by atoms with Gasteiger partial charge in [-0.15, -0.1) is 0 Å². The predicted molar refractivity (Wildman–Crippen MR) is 105 cm³/mol. The van der Waals surface area contributed by atoms with Gasteiger partial charge in [0.2, 0.25) is 0 Å². The average Bonchev–Trinajstić information content (AvgIpc) is 3.04. The molecule has 3 aromatic rings. The Morgan fingerprint density at radius 2 is 1.92 bits per heavy atom. The zero-order chi connectivity index (χ0) is 18.5. The monoisotopic (exact) mass is 368 g/mol. The van der Waals surface area contributed by atoms with E-state index in [0.717, 1.165) is 22.3 Å². The van der Waals surface area contributed by atoms with Gasteiger partial charge in [0.25, 0.3) is 5.91 Å². The van der Waals surface area contributed by atoms with Crippen molar-refractivity contribution in [2.75, 3.05) is 20.0 Å². The Morgan fingerprint density at radius 1 is 1.15 bits per heavy atom. The molecule has 0 aliphatic carbocycles. The van der Waals surface area contributed by atoms with Crippen LogP contribution in [0.15, 0.2) is 53.7 Å². The van der Waals surface area contributed by atoms with Crippen molar-refractivity contribution in [2.45, 2.75) is 12.1 Å². The number of ether oxygens (including phenoxy) is 2. The van der Waals surface area contributed by atoms with Crippen molar-refractivity contribution in [3.8, 4) is 11.5 Å². The Bertz CT molecular complexity index is 963. The molecule has 0 fully saturated rings. The number of hydrogen-bond donors (Lipinski definition) is 0. The minimum atomic E-state index is -0.135. The fourth-order valence-corrected chi connectivity index (χ4v) is 3.38. The third kappa shape index (κ3) is 3.60. The molecule has 0 N–H and O–H groups in total. The van der Waals surface area contributed by atoms with Crippen LogP contribution >= 0.6 is 11.8 Å². The molecule has 0 bridgehead atoms. The molecular formula is C20H20N2O3S. The summed E-state index contributed by atoms with van der Waals surface area (Å²) < 4.78 is 12.2. The van der Waals surface area contributed by atoms with E-state index in [4.69, 9.17) is 9.47 Å². The Kier molecular flexibility index (Phi) is 5.63. The first kappa shape index (κ1) is 18.1. The van der Waals surface area contributed by atoms with Gasteiger partial charge in [-0.1, -0.05) is 36.9 Å². The molecule has 0 amide bonds. The molecular weight excluding hydrogens is 348 g/mol. The highest BCUT2D eigenvalue weighted by atomic mass is 32.2. The van der Waals surface area contributed by atoms with Crippen LogP contribution in [0.2, 0.25) is 0 Å². The Hall–Kier alpha value is -2.73. The summed E-state index contributed by atoms with van der Waals surface area (Å²) >= 11 is 1.55. The van der Waals surface area contributed by atoms with Gasteiger partial charge in [-0.3, -0.25) is 9.36 Å². The molecule has 0 aliphatic rings. The zero-order valence-electron chi connectivity index (χ0n) is 14.9. The fraction of sp³-hybridized carbons (Fsp3) is 0.200. The Morgan fingerprint density at radius 3 is 2.65 bits per heavy atom. The molecule has 0 aliphatic heterocycles. The van der Waals surface area contributed by atoms with Crippen LogP contribution in [-0.2, 0) is 0 Å². The van der Waals surface area contributed by atoms with E-state index in [-0.39, 0.29) is 5.91 Å². The summed E-state index contributed by atoms with van der Waals surface area (Å²) in [4.78, 5) is 17.4. The number of rotatable bonds is 6. The maximum absolute atomic E-state index is 12.8. The molecule has 0 radical (unpaired) electrons. The minimum Gasteiger partial charge on any atom is -0.493 e. The van der Waals surface area contributed by atoms with Crippen molar-refractivity contribution in [1.29, 1.82) is 0 Å². The summed E-state index contributed by atoms with van der Waals surface area (Å²) in [6, 6.07) is 13.2. The highest BCUT2D eigenvalue weighted by Crippen LogP contribution is 2.28. The second-order valence-electron chi connectivity index (χ2n) is 5.44. The van der Waals surface area contributed by atoms with Gasteiger partial charge >= 0.3 is 0 Å². The number of benzene rings is 2. The molecule has 134 valence electrons. The van der Waals surface area contributed by atoms with Gasteiger partial charge < -0.3 is 9.47 Å². The molecule has 1 heterocycles. The van der Waals surface area contributed by atoms with Crippen LogP contribution in [0.3, 0.4) is 0 Å². The van der Waals surface area contributed by atoms with Crippen LogP contribution in [0.1, 0.15) is 17.3 Å². The predicted octanol–water partition coefficient (Wildman–Crippen LogP) is 4.52.